The molecule has 0 aliphatic rings. The molecule has 0 aliphatic heterocycles. The quantitative estimate of drug-likeness (QED) is 0.105. The molecule has 0 amide bonds. The molecule has 9 nitrogen and oxygen atoms in total. The lowest BCUT2D eigenvalue weighted by Gasteiger charge is -2.11. The summed E-state index contributed by atoms with van der Waals surface area (Å²) in [4.78, 5) is 25.0. The van der Waals surface area contributed by atoms with Gasteiger partial charge in [0.2, 0.25) is 0 Å². The number of anilines is 1. The Morgan fingerprint density at radius 3 is 2.08 bits per heavy atom. The van der Waals surface area contributed by atoms with E-state index in [0.717, 1.165) is 11.3 Å². The first-order valence-corrected chi connectivity index (χ1v) is 11.4. The monoisotopic (exact) mass is 496 g/mol. The molecule has 0 spiro atoms. The summed E-state index contributed by atoms with van der Waals surface area (Å²) in [5, 5.41) is 19.3. The number of hydrogen-bond acceptors (Lipinski definition) is 8. The Balaban J connectivity index is 1.36. The summed E-state index contributed by atoms with van der Waals surface area (Å²) >= 11 is 0. The zero-order valence-corrected chi connectivity index (χ0v) is 20.3. The first-order valence-electron chi connectivity index (χ1n) is 11.4. The van der Waals surface area contributed by atoms with E-state index in [1.54, 1.807) is 48.5 Å². The van der Waals surface area contributed by atoms with Gasteiger partial charge in [-0.15, -0.1) is 5.11 Å². The van der Waals surface area contributed by atoms with Crippen LogP contribution in [0.3, 0.4) is 0 Å². The second-order valence-electron chi connectivity index (χ2n) is 8.20. The van der Waals surface area contributed by atoms with Crippen molar-refractivity contribution in [1.29, 1.82) is 0 Å². The number of azo groups is 1. The number of nitro groups is 1. The zero-order valence-electron chi connectivity index (χ0n) is 20.3. The molecule has 0 unspecified atom stereocenters. The molecule has 0 N–H and O–H groups in total. The standard InChI is InChI=1S/C28H24N4O5/c1-31(2)22-11-9-21(10-12-22)29-30-27-6-4-3-5-26(27)28(33)36-19-20-7-15-24(16-8-20)37-25-17-13-23(14-18-25)32(34)35/h3-18H,19H2,1-2H3. The predicted octanol–water partition coefficient (Wildman–Crippen LogP) is 7.23. The van der Waals surface area contributed by atoms with Crippen molar-refractivity contribution in [2.24, 2.45) is 10.2 Å². The van der Waals surface area contributed by atoms with Crippen LogP contribution in [0.1, 0.15) is 15.9 Å². The van der Waals surface area contributed by atoms with Gasteiger partial charge in [0.1, 0.15) is 23.8 Å². The van der Waals surface area contributed by atoms with Crippen molar-refractivity contribution in [3.63, 3.8) is 0 Å². The third-order valence-corrected chi connectivity index (χ3v) is 5.34. The van der Waals surface area contributed by atoms with Crippen LogP contribution in [-0.2, 0) is 11.3 Å². The van der Waals surface area contributed by atoms with Crippen LogP contribution in [0.2, 0.25) is 0 Å². The van der Waals surface area contributed by atoms with E-state index < -0.39 is 10.9 Å². The summed E-state index contributed by atoms with van der Waals surface area (Å²) in [5.74, 6) is 0.515. The van der Waals surface area contributed by atoms with Crippen molar-refractivity contribution in [2.75, 3.05) is 19.0 Å². The average Bonchev–Trinajstić information content (AvgIpc) is 2.92. The molecule has 0 saturated heterocycles. The van der Waals surface area contributed by atoms with Gasteiger partial charge in [0.15, 0.2) is 0 Å². The number of carbonyl (C=O) groups is 1. The van der Waals surface area contributed by atoms with E-state index in [2.05, 4.69) is 10.2 Å². The number of nitro benzene ring substituents is 1. The van der Waals surface area contributed by atoms with Crippen molar-refractivity contribution < 1.29 is 19.2 Å². The molecule has 0 fully saturated rings. The highest BCUT2D eigenvalue weighted by Crippen LogP contribution is 2.26. The second-order valence-corrected chi connectivity index (χ2v) is 8.20. The maximum absolute atomic E-state index is 12.8. The van der Waals surface area contributed by atoms with Gasteiger partial charge >= 0.3 is 5.97 Å². The molecule has 0 atom stereocenters. The van der Waals surface area contributed by atoms with E-state index in [4.69, 9.17) is 9.47 Å². The maximum atomic E-state index is 12.8. The third kappa shape index (κ3) is 6.76. The first-order chi connectivity index (χ1) is 17.9. The summed E-state index contributed by atoms with van der Waals surface area (Å²) in [6.45, 7) is 0.0636. The van der Waals surface area contributed by atoms with E-state index in [1.807, 2.05) is 43.3 Å². The number of hydrogen-bond donors (Lipinski definition) is 0. The van der Waals surface area contributed by atoms with Gasteiger partial charge in [-0.2, -0.15) is 5.11 Å². The molecule has 0 radical (unpaired) electrons. The van der Waals surface area contributed by atoms with Crippen molar-refractivity contribution in [1.82, 2.24) is 0 Å². The Morgan fingerprint density at radius 1 is 0.838 bits per heavy atom. The fourth-order valence-corrected chi connectivity index (χ4v) is 3.31. The summed E-state index contributed by atoms with van der Waals surface area (Å²) in [6.07, 6.45) is 0. The van der Waals surface area contributed by atoms with Crippen LogP contribution in [0.15, 0.2) is 107 Å². The van der Waals surface area contributed by atoms with E-state index in [0.29, 0.717) is 28.4 Å². The lowest BCUT2D eigenvalue weighted by atomic mass is 10.2. The number of benzene rings is 4. The molecule has 4 rings (SSSR count). The largest absolute Gasteiger partial charge is 0.457 e. The highest BCUT2D eigenvalue weighted by Gasteiger charge is 2.13. The number of nitrogens with zero attached hydrogens (tertiary/aromatic N) is 4. The zero-order chi connectivity index (χ0) is 26.2. The Bertz CT molecular complexity index is 1400. The summed E-state index contributed by atoms with van der Waals surface area (Å²) < 4.78 is 11.2. The van der Waals surface area contributed by atoms with Crippen molar-refractivity contribution in [3.05, 3.63) is 118 Å². The Morgan fingerprint density at radius 2 is 1.46 bits per heavy atom. The van der Waals surface area contributed by atoms with Gasteiger partial charge in [-0.1, -0.05) is 24.3 Å². The smallest absolute Gasteiger partial charge is 0.340 e. The predicted molar refractivity (Wildman–Crippen MR) is 140 cm³/mol. The van der Waals surface area contributed by atoms with Gasteiger partial charge in [0.25, 0.3) is 5.69 Å². The van der Waals surface area contributed by atoms with Gasteiger partial charge in [-0.25, -0.2) is 4.79 Å². The van der Waals surface area contributed by atoms with Crippen LogP contribution < -0.4 is 9.64 Å². The molecule has 0 aliphatic carbocycles. The number of carbonyl (C=O) groups excluding carboxylic acids is 1. The molecule has 0 bridgehead atoms. The van der Waals surface area contributed by atoms with E-state index in [9.17, 15) is 14.9 Å². The third-order valence-electron chi connectivity index (χ3n) is 5.34. The number of rotatable bonds is 9. The van der Waals surface area contributed by atoms with Crippen molar-refractivity contribution >= 4 is 28.7 Å². The fourth-order valence-electron chi connectivity index (χ4n) is 3.31. The van der Waals surface area contributed by atoms with Gasteiger partial charge in [-0.05, 0) is 66.2 Å². The molecule has 0 heterocycles. The number of non-ortho nitro benzene ring substituents is 1. The van der Waals surface area contributed by atoms with E-state index >= 15 is 0 Å². The highest BCUT2D eigenvalue weighted by molar-refractivity contribution is 5.94. The van der Waals surface area contributed by atoms with Gasteiger partial charge in [-0.3, -0.25) is 10.1 Å². The first kappa shape index (κ1) is 25.1. The SMILES string of the molecule is CN(C)c1ccc(N=Nc2ccccc2C(=O)OCc2ccc(Oc3ccc([N+](=O)[O-])cc3)cc2)cc1. The second kappa shape index (κ2) is 11.6. The molecular formula is C28H24N4O5. The van der Waals surface area contributed by atoms with Gasteiger partial charge in [0, 0.05) is 31.9 Å². The lowest BCUT2D eigenvalue weighted by molar-refractivity contribution is -0.384. The molecule has 4 aromatic carbocycles. The van der Waals surface area contributed by atoms with Crippen LogP contribution in [-0.4, -0.2) is 25.0 Å². The topological polar surface area (TPSA) is 107 Å². The summed E-state index contributed by atoms with van der Waals surface area (Å²) in [7, 11) is 3.92. The molecule has 0 saturated carbocycles. The van der Waals surface area contributed by atoms with E-state index in [-0.39, 0.29) is 12.3 Å². The minimum absolute atomic E-state index is 0.00813. The fraction of sp³-hybridized carbons (Fsp3) is 0.107. The summed E-state index contributed by atoms with van der Waals surface area (Å²) in [5.41, 5.74) is 3.21. The molecule has 186 valence electrons. The van der Waals surface area contributed by atoms with E-state index in [1.165, 1.54) is 24.3 Å². The van der Waals surface area contributed by atoms with Crippen molar-refractivity contribution in [3.8, 4) is 11.5 Å². The van der Waals surface area contributed by atoms with Gasteiger partial charge < -0.3 is 14.4 Å². The molecule has 0 aromatic heterocycles. The van der Waals surface area contributed by atoms with Crippen LogP contribution in [0.4, 0.5) is 22.7 Å². The van der Waals surface area contributed by atoms with Crippen molar-refractivity contribution in [2.45, 2.75) is 6.61 Å². The lowest BCUT2D eigenvalue weighted by Crippen LogP contribution is -2.07. The minimum Gasteiger partial charge on any atom is -0.457 e. The molecule has 37 heavy (non-hydrogen) atoms. The molecule has 4 aromatic rings. The van der Waals surface area contributed by atoms with Crippen LogP contribution in [0, 0.1) is 10.1 Å². The minimum atomic E-state index is -0.510. The maximum Gasteiger partial charge on any atom is 0.340 e. The van der Waals surface area contributed by atoms with Crippen LogP contribution >= 0.6 is 0 Å². The Hall–Kier alpha value is -5.05. The number of esters is 1. The highest BCUT2D eigenvalue weighted by atomic mass is 16.6. The Labute approximate surface area is 213 Å². The Kier molecular flexibility index (Phi) is 7.85. The average molecular weight is 497 g/mol. The van der Waals surface area contributed by atoms with Gasteiger partial charge in [0.05, 0.1) is 16.2 Å². The molecule has 9 heteroatoms. The normalized spacial score (nSPS) is 10.8. The molecular weight excluding hydrogens is 472 g/mol. The van der Waals surface area contributed by atoms with Crippen LogP contribution in [0.25, 0.3) is 0 Å². The summed E-state index contributed by atoms with van der Waals surface area (Å²) in [6, 6.07) is 27.3. The number of ether oxygens (including phenoxy) is 2. The van der Waals surface area contributed by atoms with Crippen LogP contribution in [0.5, 0.6) is 11.5 Å².